The lowest BCUT2D eigenvalue weighted by atomic mass is 9.98. The second kappa shape index (κ2) is 7.94. The van der Waals surface area contributed by atoms with Gasteiger partial charge in [0.15, 0.2) is 0 Å². The maximum absolute atomic E-state index is 12.6. The fraction of sp³-hybridized carbons (Fsp3) is 0.667. The van der Waals surface area contributed by atoms with Gasteiger partial charge in [-0.15, -0.1) is 0 Å². The molecule has 3 heterocycles. The summed E-state index contributed by atoms with van der Waals surface area (Å²) in [5.41, 5.74) is 1.21. The number of pyridine rings is 1. The molecule has 1 amide bonds. The van der Waals surface area contributed by atoms with Crippen LogP contribution in [0.3, 0.4) is 0 Å². The number of aryl methyl sites for hydroxylation is 1. The lowest BCUT2D eigenvalue weighted by Gasteiger charge is -2.37. The monoisotopic (exact) mass is 332 g/mol. The minimum absolute atomic E-state index is 0.0535. The lowest BCUT2D eigenvalue weighted by molar-refractivity contribution is -0.137. The number of carbonyl (C=O) groups excluding carboxylic acids is 1. The van der Waals surface area contributed by atoms with Crippen LogP contribution >= 0.6 is 0 Å². The molecule has 2 aliphatic heterocycles. The molecule has 24 heavy (non-hydrogen) atoms. The summed E-state index contributed by atoms with van der Waals surface area (Å²) in [4.78, 5) is 28.6. The van der Waals surface area contributed by atoms with E-state index in [1.165, 1.54) is 0 Å². The molecule has 1 N–H and O–H groups in total. The van der Waals surface area contributed by atoms with Gasteiger partial charge in [0.05, 0.1) is 5.92 Å². The smallest absolute Gasteiger partial charge is 0.250 e. The SMILES string of the molecule is CCn1cc(CN2CCN(C(=O)C3CCCNC3)CC2)ccc1=O. The van der Waals surface area contributed by atoms with Crippen molar-refractivity contribution in [2.45, 2.75) is 32.9 Å². The van der Waals surface area contributed by atoms with Gasteiger partial charge in [-0.25, -0.2) is 0 Å². The summed E-state index contributed by atoms with van der Waals surface area (Å²) >= 11 is 0. The van der Waals surface area contributed by atoms with Crippen LogP contribution in [0, 0.1) is 5.92 Å². The molecule has 3 rings (SSSR count). The van der Waals surface area contributed by atoms with E-state index >= 15 is 0 Å². The Labute approximate surface area is 143 Å². The van der Waals surface area contributed by atoms with E-state index in [9.17, 15) is 9.59 Å². The zero-order chi connectivity index (χ0) is 16.9. The maximum atomic E-state index is 12.6. The van der Waals surface area contributed by atoms with Crippen molar-refractivity contribution in [1.29, 1.82) is 0 Å². The normalized spacial score (nSPS) is 22.5. The molecule has 0 aliphatic carbocycles. The second-order valence-electron chi connectivity index (χ2n) is 6.81. The number of amides is 1. The largest absolute Gasteiger partial charge is 0.340 e. The molecular formula is C18H28N4O2. The van der Waals surface area contributed by atoms with Crippen molar-refractivity contribution in [2.75, 3.05) is 39.3 Å². The summed E-state index contributed by atoms with van der Waals surface area (Å²) in [5.74, 6) is 0.486. The fourth-order valence-corrected chi connectivity index (χ4v) is 3.63. The van der Waals surface area contributed by atoms with Crippen molar-refractivity contribution in [3.05, 3.63) is 34.2 Å². The van der Waals surface area contributed by atoms with E-state index in [0.717, 1.165) is 64.2 Å². The molecule has 2 saturated heterocycles. The summed E-state index contributed by atoms with van der Waals surface area (Å²) in [6, 6.07) is 3.56. The molecule has 1 atom stereocenters. The average Bonchev–Trinajstić information content (AvgIpc) is 2.64. The van der Waals surface area contributed by atoms with Gasteiger partial charge in [0.25, 0.3) is 5.56 Å². The van der Waals surface area contributed by atoms with Gasteiger partial charge < -0.3 is 14.8 Å². The topological polar surface area (TPSA) is 57.6 Å². The highest BCUT2D eigenvalue weighted by Crippen LogP contribution is 2.15. The Hall–Kier alpha value is -1.66. The third-order valence-corrected chi connectivity index (χ3v) is 5.12. The Bertz CT molecular complexity index is 614. The van der Waals surface area contributed by atoms with Crippen LogP contribution in [-0.4, -0.2) is 59.5 Å². The first-order valence-corrected chi connectivity index (χ1v) is 9.08. The van der Waals surface area contributed by atoms with Crippen molar-refractivity contribution in [2.24, 2.45) is 5.92 Å². The zero-order valence-corrected chi connectivity index (χ0v) is 14.5. The van der Waals surface area contributed by atoms with E-state index in [1.54, 1.807) is 10.6 Å². The van der Waals surface area contributed by atoms with Crippen LogP contribution in [-0.2, 0) is 17.9 Å². The molecule has 2 aliphatic rings. The third-order valence-electron chi connectivity index (χ3n) is 5.12. The number of piperidine rings is 1. The highest BCUT2D eigenvalue weighted by molar-refractivity contribution is 5.79. The first-order valence-electron chi connectivity index (χ1n) is 9.08. The van der Waals surface area contributed by atoms with Crippen LogP contribution in [0.25, 0.3) is 0 Å². The minimum Gasteiger partial charge on any atom is -0.340 e. The molecule has 132 valence electrons. The predicted octanol–water partition coefficient (Wildman–Crippen LogP) is 0.512. The van der Waals surface area contributed by atoms with Gasteiger partial charge in [0, 0.05) is 58.1 Å². The minimum atomic E-state index is 0.0535. The first kappa shape index (κ1) is 17.2. The van der Waals surface area contributed by atoms with Crippen LogP contribution in [0.15, 0.2) is 23.1 Å². The Morgan fingerprint density at radius 3 is 2.71 bits per heavy atom. The van der Waals surface area contributed by atoms with Crippen LogP contribution in [0.1, 0.15) is 25.3 Å². The second-order valence-corrected chi connectivity index (χ2v) is 6.81. The number of carbonyl (C=O) groups is 1. The average molecular weight is 332 g/mol. The maximum Gasteiger partial charge on any atom is 0.250 e. The highest BCUT2D eigenvalue weighted by Gasteiger charge is 2.28. The number of hydrogen-bond donors (Lipinski definition) is 1. The number of hydrogen-bond acceptors (Lipinski definition) is 4. The van der Waals surface area contributed by atoms with E-state index in [0.29, 0.717) is 12.5 Å². The van der Waals surface area contributed by atoms with E-state index in [-0.39, 0.29) is 11.5 Å². The van der Waals surface area contributed by atoms with Gasteiger partial charge in [-0.3, -0.25) is 14.5 Å². The van der Waals surface area contributed by atoms with Crippen LogP contribution in [0.2, 0.25) is 0 Å². The van der Waals surface area contributed by atoms with Gasteiger partial charge in [0.2, 0.25) is 5.91 Å². The molecule has 6 heteroatoms. The number of aromatic nitrogens is 1. The van der Waals surface area contributed by atoms with Crippen molar-refractivity contribution in [3.8, 4) is 0 Å². The molecule has 6 nitrogen and oxygen atoms in total. The molecule has 0 saturated carbocycles. The highest BCUT2D eigenvalue weighted by atomic mass is 16.2. The van der Waals surface area contributed by atoms with Crippen LogP contribution in [0.5, 0.6) is 0 Å². The third kappa shape index (κ3) is 4.05. The molecule has 0 radical (unpaired) electrons. The Morgan fingerprint density at radius 2 is 2.04 bits per heavy atom. The van der Waals surface area contributed by atoms with Gasteiger partial charge in [0.1, 0.15) is 0 Å². The Morgan fingerprint density at radius 1 is 1.25 bits per heavy atom. The number of nitrogens with zero attached hydrogens (tertiary/aromatic N) is 3. The molecular weight excluding hydrogens is 304 g/mol. The quantitative estimate of drug-likeness (QED) is 0.873. The van der Waals surface area contributed by atoms with E-state index in [1.807, 2.05) is 24.1 Å². The lowest BCUT2D eigenvalue weighted by Crippen LogP contribution is -2.51. The van der Waals surface area contributed by atoms with Crippen molar-refractivity contribution >= 4 is 5.91 Å². The molecule has 1 unspecified atom stereocenters. The number of piperazine rings is 1. The predicted molar refractivity (Wildman–Crippen MR) is 93.8 cm³/mol. The summed E-state index contributed by atoms with van der Waals surface area (Å²) in [5, 5.41) is 3.33. The van der Waals surface area contributed by atoms with Crippen LogP contribution < -0.4 is 10.9 Å². The number of nitrogens with one attached hydrogen (secondary N) is 1. The molecule has 2 fully saturated rings. The Balaban J connectivity index is 1.51. The summed E-state index contributed by atoms with van der Waals surface area (Å²) in [6.07, 6.45) is 4.07. The van der Waals surface area contributed by atoms with E-state index in [4.69, 9.17) is 0 Å². The molecule has 1 aromatic heterocycles. The molecule has 0 spiro atoms. The van der Waals surface area contributed by atoms with Gasteiger partial charge in [-0.1, -0.05) is 6.07 Å². The molecule has 0 bridgehead atoms. The van der Waals surface area contributed by atoms with Crippen molar-refractivity contribution in [1.82, 2.24) is 19.7 Å². The van der Waals surface area contributed by atoms with Gasteiger partial charge in [-0.05, 0) is 31.9 Å². The van der Waals surface area contributed by atoms with E-state index in [2.05, 4.69) is 10.2 Å². The number of rotatable bonds is 4. The summed E-state index contributed by atoms with van der Waals surface area (Å²) in [7, 11) is 0. The van der Waals surface area contributed by atoms with Crippen molar-refractivity contribution < 1.29 is 4.79 Å². The zero-order valence-electron chi connectivity index (χ0n) is 14.5. The Kier molecular flexibility index (Phi) is 5.68. The summed E-state index contributed by atoms with van der Waals surface area (Å²) in [6.45, 7) is 8.81. The first-order chi connectivity index (χ1) is 11.7. The summed E-state index contributed by atoms with van der Waals surface area (Å²) < 4.78 is 1.74. The van der Waals surface area contributed by atoms with Gasteiger partial charge in [-0.2, -0.15) is 0 Å². The van der Waals surface area contributed by atoms with Gasteiger partial charge >= 0.3 is 0 Å². The molecule has 0 aromatic carbocycles. The standard InChI is InChI=1S/C18H28N4O2/c1-2-21-14-15(5-6-17(21)23)13-20-8-10-22(11-9-20)18(24)16-4-3-7-19-12-16/h5-6,14,16,19H,2-4,7-13H2,1H3. The fourth-order valence-electron chi connectivity index (χ4n) is 3.63. The van der Waals surface area contributed by atoms with E-state index < -0.39 is 0 Å². The molecule has 1 aromatic rings. The van der Waals surface area contributed by atoms with Crippen molar-refractivity contribution in [3.63, 3.8) is 0 Å². The van der Waals surface area contributed by atoms with Crippen LogP contribution in [0.4, 0.5) is 0 Å².